The minimum atomic E-state index is -0.761. The van der Waals surface area contributed by atoms with Crippen molar-refractivity contribution < 1.29 is 28.5 Å². The Kier molecular flexibility index (Phi) is 7.05. The third-order valence-electron chi connectivity index (χ3n) is 4.95. The molecule has 2 heterocycles. The Bertz CT molecular complexity index is 1000. The molecule has 3 rings (SSSR count). The van der Waals surface area contributed by atoms with E-state index in [-0.39, 0.29) is 12.7 Å². The lowest BCUT2D eigenvalue weighted by Crippen LogP contribution is -2.29. The fraction of sp³-hybridized carbons (Fsp3) is 0.542. The number of aromatic nitrogens is 1. The predicted molar refractivity (Wildman–Crippen MR) is 121 cm³/mol. The minimum absolute atomic E-state index is 0.0641. The van der Waals surface area contributed by atoms with E-state index in [1.54, 1.807) is 20.8 Å². The van der Waals surface area contributed by atoms with Gasteiger partial charge in [-0.1, -0.05) is 18.2 Å². The average Bonchev–Trinajstić information content (AvgIpc) is 3.21. The molecule has 1 saturated heterocycles. The predicted octanol–water partition coefficient (Wildman–Crippen LogP) is 4.04. The molecule has 0 N–H and O–H groups in total. The summed E-state index contributed by atoms with van der Waals surface area (Å²) >= 11 is 0. The molecule has 2 aromatic rings. The van der Waals surface area contributed by atoms with Crippen LogP contribution >= 0.6 is 0 Å². The van der Waals surface area contributed by atoms with Gasteiger partial charge in [0.05, 0.1) is 12.5 Å². The SMILES string of the molecule is Cn1cc(CC(C=NC(=O)OC(C)(C)C)C(=O)OCC2COC(C)(C)O2)c2ccccc21. The van der Waals surface area contributed by atoms with Crippen LogP contribution in [0, 0.1) is 5.92 Å². The largest absolute Gasteiger partial charge is 0.462 e. The van der Waals surface area contributed by atoms with Crippen LogP contribution in [0.3, 0.4) is 0 Å². The molecule has 32 heavy (non-hydrogen) atoms. The summed E-state index contributed by atoms with van der Waals surface area (Å²) in [6, 6.07) is 7.93. The normalized spacial score (nSPS) is 19.4. The molecule has 174 valence electrons. The van der Waals surface area contributed by atoms with Gasteiger partial charge in [-0.2, -0.15) is 4.99 Å². The molecule has 8 heteroatoms. The number of benzene rings is 1. The fourth-order valence-electron chi connectivity index (χ4n) is 3.59. The standard InChI is InChI=1S/C24H32N2O6/c1-23(2,3)32-22(28)25-12-16(21(27)29-14-18-15-30-24(4,5)31-18)11-17-13-26(6)20-10-8-7-9-19(17)20/h7-10,12-13,16,18H,11,14-15H2,1-6H3. The average molecular weight is 445 g/mol. The van der Waals surface area contributed by atoms with Gasteiger partial charge in [-0.3, -0.25) is 4.79 Å². The Morgan fingerprint density at radius 3 is 2.69 bits per heavy atom. The van der Waals surface area contributed by atoms with Crippen molar-refractivity contribution in [1.29, 1.82) is 0 Å². The number of hydrogen-bond acceptors (Lipinski definition) is 6. The van der Waals surface area contributed by atoms with Crippen molar-refractivity contribution in [2.24, 2.45) is 18.0 Å². The molecule has 2 atom stereocenters. The Morgan fingerprint density at radius 1 is 1.31 bits per heavy atom. The first-order valence-electron chi connectivity index (χ1n) is 10.7. The maximum atomic E-state index is 12.9. The maximum absolute atomic E-state index is 12.9. The molecule has 1 aliphatic rings. The first kappa shape index (κ1) is 23.9. The molecule has 1 amide bonds. The van der Waals surface area contributed by atoms with Gasteiger partial charge in [0.2, 0.25) is 0 Å². The quantitative estimate of drug-likeness (QED) is 0.494. The number of carbonyl (C=O) groups is 2. The van der Waals surface area contributed by atoms with E-state index in [2.05, 4.69) is 4.99 Å². The summed E-state index contributed by atoms with van der Waals surface area (Å²) in [5.74, 6) is -1.94. The van der Waals surface area contributed by atoms with Crippen LogP contribution in [-0.2, 0) is 37.2 Å². The number of para-hydroxylation sites is 1. The van der Waals surface area contributed by atoms with E-state index in [0.717, 1.165) is 16.5 Å². The lowest BCUT2D eigenvalue weighted by atomic mass is 10.00. The highest BCUT2D eigenvalue weighted by Gasteiger charge is 2.34. The summed E-state index contributed by atoms with van der Waals surface area (Å²) in [6.07, 6.45) is 2.54. The van der Waals surface area contributed by atoms with Crippen LogP contribution in [-0.4, -0.2) is 53.6 Å². The molecule has 1 fully saturated rings. The number of fused-ring (bicyclic) bond motifs is 1. The Labute approximate surface area is 188 Å². The molecule has 0 radical (unpaired) electrons. The van der Waals surface area contributed by atoms with Crippen molar-refractivity contribution >= 4 is 29.2 Å². The zero-order chi connectivity index (χ0) is 23.5. The Balaban J connectivity index is 1.75. The second kappa shape index (κ2) is 9.42. The molecule has 0 aliphatic carbocycles. The topological polar surface area (TPSA) is 88.4 Å². The third kappa shape index (κ3) is 6.40. The van der Waals surface area contributed by atoms with Crippen molar-refractivity contribution in [2.45, 2.75) is 58.5 Å². The van der Waals surface area contributed by atoms with Crippen LogP contribution in [0.4, 0.5) is 4.79 Å². The Morgan fingerprint density at radius 2 is 2.03 bits per heavy atom. The monoisotopic (exact) mass is 444 g/mol. The van der Waals surface area contributed by atoms with Crippen molar-refractivity contribution in [1.82, 2.24) is 4.57 Å². The number of carbonyl (C=O) groups excluding carboxylic acids is 2. The highest BCUT2D eigenvalue weighted by molar-refractivity contribution is 5.95. The van der Waals surface area contributed by atoms with E-state index in [4.69, 9.17) is 18.9 Å². The lowest BCUT2D eigenvalue weighted by Gasteiger charge is -2.18. The van der Waals surface area contributed by atoms with Gasteiger partial charge in [0.15, 0.2) is 5.79 Å². The third-order valence-corrected chi connectivity index (χ3v) is 4.95. The van der Waals surface area contributed by atoms with E-state index in [9.17, 15) is 9.59 Å². The van der Waals surface area contributed by atoms with Crippen LogP contribution in [0.2, 0.25) is 0 Å². The van der Waals surface area contributed by atoms with Gasteiger partial charge in [0.25, 0.3) is 0 Å². The van der Waals surface area contributed by atoms with Crippen molar-refractivity contribution in [3.8, 4) is 0 Å². The zero-order valence-electron chi connectivity index (χ0n) is 19.6. The molecule has 8 nitrogen and oxygen atoms in total. The van der Waals surface area contributed by atoms with Gasteiger partial charge in [-0.15, -0.1) is 0 Å². The summed E-state index contributed by atoms with van der Waals surface area (Å²) in [5, 5.41) is 1.03. The van der Waals surface area contributed by atoms with E-state index in [1.807, 2.05) is 55.9 Å². The number of hydrogen-bond donors (Lipinski definition) is 0. The zero-order valence-corrected chi connectivity index (χ0v) is 19.6. The van der Waals surface area contributed by atoms with Gasteiger partial charge >= 0.3 is 12.1 Å². The second-order valence-electron chi connectivity index (χ2n) is 9.43. The van der Waals surface area contributed by atoms with Crippen LogP contribution in [0.25, 0.3) is 10.9 Å². The molecule has 2 unspecified atom stereocenters. The first-order chi connectivity index (χ1) is 14.9. The summed E-state index contributed by atoms with van der Waals surface area (Å²) in [7, 11) is 1.95. The number of esters is 1. The van der Waals surface area contributed by atoms with E-state index in [1.165, 1.54) is 6.21 Å². The molecular weight excluding hydrogens is 412 g/mol. The molecule has 1 aliphatic heterocycles. The summed E-state index contributed by atoms with van der Waals surface area (Å²) < 4.78 is 24.0. The van der Waals surface area contributed by atoms with E-state index in [0.29, 0.717) is 13.0 Å². The highest BCUT2D eigenvalue weighted by atomic mass is 16.7. The van der Waals surface area contributed by atoms with Crippen LogP contribution in [0.1, 0.15) is 40.2 Å². The van der Waals surface area contributed by atoms with E-state index >= 15 is 0 Å². The summed E-state index contributed by atoms with van der Waals surface area (Å²) in [5.41, 5.74) is 1.34. The fourth-order valence-corrected chi connectivity index (χ4v) is 3.59. The van der Waals surface area contributed by atoms with Crippen LogP contribution in [0.5, 0.6) is 0 Å². The smallest absolute Gasteiger partial charge is 0.433 e. The number of ether oxygens (including phenoxy) is 4. The molecule has 1 aromatic heterocycles. The first-order valence-corrected chi connectivity index (χ1v) is 10.7. The number of amides is 1. The van der Waals surface area contributed by atoms with Crippen LogP contribution in [0.15, 0.2) is 35.5 Å². The van der Waals surface area contributed by atoms with Gasteiger partial charge in [0, 0.05) is 30.4 Å². The van der Waals surface area contributed by atoms with Gasteiger partial charge in [-0.25, -0.2) is 4.79 Å². The molecule has 0 bridgehead atoms. The minimum Gasteiger partial charge on any atom is -0.462 e. The van der Waals surface area contributed by atoms with Gasteiger partial charge in [-0.05, 0) is 52.7 Å². The van der Waals surface area contributed by atoms with Gasteiger partial charge < -0.3 is 23.5 Å². The number of aliphatic imine (C=N–C) groups is 1. The number of aryl methyl sites for hydroxylation is 1. The molecule has 0 spiro atoms. The maximum Gasteiger partial charge on any atom is 0.433 e. The van der Waals surface area contributed by atoms with Crippen molar-refractivity contribution in [2.75, 3.05) is 13.2 Å². The second-order valence-corrected chi connectivity index (χ2v) is 9.43. The van der Waals surface area contributed by atoms with Gasteiger partial charge in [0.1, 0.15) is 18.3 Å². The number of nitrogens with zero attached hydrogens (tertiary/aromatic N) is 2. The summed E-state index contributed by atoms with van der Waals surface area (Å²) in [4.78, 5) is 28.9. The van der Waals surface area contributed by atoms with E-state index < -0.39 is 29.4 Å². The molecule has 1 aromatic carbocycles. The molecular formula is C24H32N2O6. The Hall–Kier alpha value is -2.71. The van der Waals surface area contributed by atoms with Crippen molar-refractivity contribution in [3.05, 3.63) is 36.0 Å². The highest BCUT2D eigenvalue weighted by Crippen LogP contribution is 2.25. The molecule has 0 saturated carbocycles. The van der Waals surface area contributed by atoms with Crippen molar-refractivity contribution in [3.63, 3.8) is 0 Å². The van der Waals surface area contributed by atoms with Crippen LogP contribution < -0.4 is 0 Å². The lowest BCUT2D eigenvalue weighted by molar-refractivity contribution is -0.159. The summed E-state index contributed by atoms with van der Waals surface area (Å²) in [6.45, 7) is 9.31. The number of rotatable bonds is 6.